The molecule has 1 aromatic heterocycles. The monoisotopic (exact) mass is 391 g/mol. The zero-order valence-electron chi connectivity index (χ0n) is 16.6. The normalized spacial score (nSPS) is 36.3. The number of nitrogens with zero attached hydrogens (tertiary/aromatic N) is 3. The predicted molar refractivity (Wildman–Crippen MR) is 105 cm³/mol. The molecule has 0 radical (unpaired) electrons. The van der Waals surface area contributed by atoms with Crippen LogP contribution in [-0.4, -0.2) is 49.8 Å². The molecule has 29 heavy (non-hydrogen) atoms. The molecule has 1 saturated carbocycles. The molecule has 5 aliphatic rings. The number of hydrogen-bond donors (Lipinski definition) is 2. The Labute approximate surface area is 169 Å². The highest BCUT2D eigenvalue weighted by Gasteiger charge is 2.72. The van der Waals surface area contributed by atoms with Crippen LogP contribution in [0.2, 0.25) is 0 Å². The van der Waals surface area contributed by atoms with Crippen LogP contribution in [-0.2, 0) is 18.3 Å². The van der Waals surface area contributed by atoms with E-state index in [0.717, 1.165) is 48.7 Å². The number of aryl methyl sites for hydroxylation is 1. The van der Waals surface area contributed by atoms with Gasteiger partial charge in [0.05, 0.1) is 16.7 Å². The lowest BCUT2D eigenvalue weighted by molar-refractivity contribution is -0.173. The number of phenols is 1. The maximum atomic E-state index is 12.5. The van der Waals surface area contributed by atoms with Crippen LogP contribution in [0.3, 0.4) is 0 Å². The number of phenolic OH excluding ortho intramolecular Hbond substituents is 1. The first-order valence-electron chi connectivity index (χ1n) is 10.8. The summed E-state index contributed by atoms with van der Waals surface area (Å²) in [6, 6.07) is 3.84. The summed E-state index contributed by atoms with van der Waals surface area (Å²) in [5.74, 6) is 2.22. The van der Waals surface area contributed by atoms with Crippen LogP contribution in [0.1, 0.15) is 53.6 Å². The molecule has 1 aromatic carbocycles. The fourth-order valence-corrected chi connectivity index (χ4v) is 6.82. The Kier molecular flexibility index (Phi) is 2.92. The second kappa shape index (κ2) is 5.10. The molecule has 3 aliphatic carbocycles. The van der Waals surface area contributed by atoms with Crippen LogP contribution in [0.4, 0.5) is 0 Å². The van der Waals surface area contributed by atoms with Crippen LogP contribution in [0.15, 0.2) is 18.3 Å². The Bertz CT molecular complexity index is 1070. The molecule has 2 fully saturated rings. The van der Waals surface area contributed by atoms with Crippen LogP contribution in [0.25, 0.3) is 0 Å². The van der Waals surface area contributed by atoms with Crippen molar-refractivity contribution in [3.05, 3.63) is 46.5 Å². The minimum absolute atomic E-state index is 0.0559. The quantitative estimate of drug-likeness (QED) is 0.817. The van der Waals surface area contributed by atoms with Gasteiger partial charge in [-0.15, -0.1) is 0 Å². The average molecular weight is 391 g/mol. The van der Waals surface area contributed by atoms with Crippen molar-refractivity contribution in [2.75, 3.05) is 13.1 Å². The van der Waals surface area contributed by atoms with E-state index in [1.807, 2.05) is 19.2 Å². The number of likely N-dealkylation sites (tertiary alicyclic amines) is 1. The number of aromatic nitrogens is 2. The summed E-state index contributed by atoms with van der Waals surface area (Å²) in [4.78, 5) is 11.7. The van der Waals surface area contributed by atoms with E-state index in [0.29, 0.717) is 18.0 Å². The van der Waals surface area contributed by atoms with Crippen molar-refractivity contribution < 1.29 is 14.9 Å². The number of rotatable bonds is 2. The van der Waals surface area contributed by atoms with Crippen LogP contribution in [0, 0.1) is 12.8 Å². The van der Waals surface area contributed by atoms with Gasteiger partial charge in [-0.05, 0) is 62.3 Å². The van der Waals surface area contributed by atoms with Gasteiger partial charge in [-0.25, -0.2) is 9.97 Å². The summed E-state index contributed by atoms with van der Waals surface area (Å²) >= 11 is 0. The SMILES string of the molecule is Cc1ncc2c(n1)[C@@H]1Oc3c(O)ccc4c3[C@@]13CCN(CC1CC1)[C@H](C4)[C@]3(O)C2. The van der Waals surface area contributed by atoms with Gasteiger partial charge in [0.1, 0.15) is 5.82 Å². The van der Waals surface area contributed by atoms with Crippen LogP contribution in [0.5, 0.6) is 11.5 Å². The fraction of sp³-hybridized carbons (Fsp3) is 0.565. The van der Waals surface area contributed by atoms with E-state index in [9.17, 15) is 10.2 Å². The minimum atomic E-state index is -0.942. The van der Waals surface area contributed by atoms with E-state index in [1.54, 1.807) is 6.07 Å². The van der Waals surface area contributed by atoms with E-state index < -0.39 is 11.0 Å². The van der Waals surface area contributed by atoms with Gasteiger partial charge in [0.15, 0.2) is 17.6 Å². The van der Waals surface area contributed by atoms with E-state index in [4.69, 9.17) is 9.72 Å². The van der Waals surface area contributed by atoms with Gasteiger partial charge < -0.3 is 14.9 Å². The molecule has 0 amide bonds. The molecular weight excluding hydrogens is 366 g/mol. The predicted octanol–water partition coefficient (Wildman–Crippen LogP) is 2.19. The molecular formula is C23H25N3O3. The number of fused-ring (bicyclic) bond motifs is 2. The van der Waals surface area contributed by atoms with Crippen molar-refractivity contribution in [3.63, 3.8) is 0 Å². The number of ether oxygens (including phenoxy) is 1. The molecule has 6 nitrogen and oxygen atoms in total. The number of benzene rings is 1. The molecule has 1 saturated heterocycles. The zero-order valence-corrected chi connectivity index (χ0v) is 16.6. The molecule has 2 bridgehead atoms. The van der Waals surface area contributed by atoms with E-state index in [-0.39, 0.29) is 17.9 Å². The Balaban J connectivity index is 1.50. The standard InChI is InChI=1S/C23H25N3O3/c1-12-24-10-15-9-23(28)17-8-14-4-5-16(27)20-18(14)22(23,21(29-20)19(15)25-12)6-7-26(17)11-13-2-3-13/h4-5,10,13,17,21,27-28H,2-3,6-9,11H2,1H3/t17-,21+,22+,23-/m1/s1. The third-order valence-corrected chi connectivity index (χ3v) is 8.24. The first-order chi connectivity index (χ1) is 14.0. The lowest BCUT2D eigenvalue weighted by Crippen LogP contribution is -2.74. The topological polar surface area (TPSA) is 78.7 Å². The molecule has 1 spiro atoms. The largest absolute Gasteiger partial charge is 0.504 e. The summed E-state index contributed by atoms with van der Waals surface area (Å²) in [6.45, 7) is 3.93. The fourth-order valence-electron chi connectivity index (χ4n) is 6.82. The Morgan fingerprint density at radius 1 is 1.28 bits per heavy atom. The molecule has 4 atom stereocenters. The maximum Gasteiger partial charge on any atom is 0.166 e. The molecule has 0 unspecified atom stereocenters. The number of piperidine rings is 1. The second-order valence-electron chi connectivity index (χ2n) is 9.75. The third kappa shape index (κ3) is 1.86. The van der Waals surface area contributed by atoms with Crippen molar-refractivity contribution >= 4 is 0 Å². The lowest BCUT2D eigenvalue weighted by atomic mass is 9.49. The van der Waals surface area contributed by atoms with E-state index in [1.165, 1.54) is 18.4 Å². The van der Waals surface area contributed by atoms with Crippen molar-refractivity contribution in [2.24, 2.45) is 5.92 Å². The summed E-state index contributed by atoms with van der Waals surface area (Å²) in [5, 5.41) is 23.1. The van der Waals surface area contributed by atoms with Crippen molar-refractivity contribution in [1.29, 1.82) is 0 Å². The van der Waals surface area contributed by atoms with E-state index in [2.05, 4.69) is 9.88 Å². The van der Waals surface area contributed by atoms with Gasteiger partial charge in [0.25, 0.3) is 0 Å². The Morgan fingerprint density at radius 3 is 2.97 bits per heavy atom. The van der Waals surface area contributed by atoms with Gasteiger partial charge in [-0.3, -0.25) is 4.90 Å². The van der Waals surface area contributed by atoms with Gasteiger partial charge in [0, 0.05) is 30.8 Å². The van der Waals surface area contributed by atoms with Crippen molar-refractivity contribution in [3.8, 4) is 11.5 Å². The van der Waals surface area contributed by atoms with Gasteiger partial charge in [-0.2, -0.15) is 0 Å². The second-order valence-corrected chi connectivity index (χ2v) is 9.75. The highest BCUT2D eigenvalue weighted by Crippen LogP contribution is 2.68. The van der Waals surface area contributed by atoms with Gasteiger partial charge in [0.2, 0.25) is 0 Å². The molecule has 2 aliphatic heterocycles. The van der Waals surface area contributed by atoms with E-state index >= 15 is 0 Å². The minimum Gasteiger partial charge on any atom is -0.504 e. The number of aromatic hydroxyl groups is 1. The summed E-state index contributed by atoms with van der Waals surface area (Å²) in [6.07, 6.45) is 6.28. The zero-order chi connectivity index (χ0) is 19.5. The van der Waals surface area contributed by atoms with Gasteiger partial charge in [-0.1, -0.05) is 6.07 Å². The molecule has 2 N–H and O–H groups in total. The first-order valence-corrected chi connectivity index (χ1v) is 10.8. The smallest absolute Gasteiger partial charge is 0.166 e. The van der Waals surface area contributed by atoms with Crippen LogP contribution < -0.4 is 4.74 Å². The van der Waals surface area contributed by atoms with Crippen molar-refractivity contribution in [1.82, 2.24) is 14.9 Å². The average Bonchev–Trinajstić information content (AvgIpc) is 3.43. The highest BCUT2D eigenvalue weighted by atomic mass is 16.5. The number of hydrogen-bond acceptors (Lipinski definition) is 6. The third-order valence-electron chi connectivity index (χ3n) is 8.24. The Morgan fingerprint density at radius 2 is 2.14 bits per heavy atom. The molecule has 7 rings (SSSR count). The molecule has 3 heterocycles. The first kappa shape index (κ1) is 16.6. The highest BCUT2D eigenvalue weighted by molar-refractivity contribution is 5.64. The lowest BCUT2D eigenvalue weighted by Gasteiger charge is -2.62. The molecule has 150 valence electrons. The summed E-state index contributed by atoms with van der Waals surface area (Å²) in [5.41, 5.74) is 2.63. The number of aliphatic hydroxyl groups is 1. The molecule has 6 heteroatoms. The summed E-state index contributed by atoms with van der Waals surface area (Å²) in [7, 11) is 0. The summed E-state index contributed by atoms with van der Waals surface area (Å²) < 4.78 is 6.47. The van der Waals surface area contributed by atoms with Gasteiger partial charge >= 0.3 is 0 Å². The van der Waals surface area contributed by atoms with Crippen LogP contribution >= 0.6 is 0 Å². The van der Waals surface area contributed by atoms with Crippen molar-refractivity contribution in [2.45, 2.75) is 62.2 Å². The Hall–Kier alpha value is -2.18. The maximum absolute atomic E-state index is 12.5. The molecule has 2 aromatic rings.